The van der Waals surface area contributed by atoms with Crippen LogP contribution in [0.15, 0.2) is 24.3 Å². The molecule has 1 heterocycles. The molecule has 1 atom stereocenters. The Morgan fingerprint density at radius 2 is 1.95 bits per heavy atom. The number of carbonyl (C=O) groups excluding carboxylic acids is 2. The fourth-order valence-corrected chi connectivity index (χ4v) is 2.40. The number of ether oxygens (including phenoxy) is 1. The Hall–Kier alpha value is -2.21. The molecule has 1 aromatic rings. The molecule has 1 aliphatic heterocycles. The first kappa shape index (κ1) is 16.2. The van der Waals surface area contributed by atoms with E-state index in [1.54, 1.807) is 24.3 Å². The Bertz CT molecular complexity index is 560. The molecule has 6 heteroatoms. The minimum Gasteiger partial charge on any atom is -0.481 e. The molecule has 22 heavy (non-hydrogen) atoms. The number of hydrogen-bond donors (Lipinski definition) is 1. The first-order chi connectivity index (χ1) is 10.5. The molecule has 1 N–H and O–H groups in total. The molecule has 0 aliphatic carbocycles. The number of benzene rings is 1. The number of Topliss-reactive ketones (excluding diaryl/α,β-unsaturated/α-hetero) is 1. The minimum absolute atomic E-state index is 0.0610. The summed E-state index contributed by atoms with van der Waals surface area (Å²) in [5, 5.41) is 8.86. The average molecular weight is 305 g/mol. The molecule has 1 saturated heterocycles. The van der Waals surface area contributed by atoms with Crippen molar-refractivity contribution in [3.63, 3.8) is 0 Å². The summed E-state index contributed by atoms with van der Waals surface area (Å²) in [5.74, 6) is -1.26. The van der Waals surface area contributed by atoms with Crippen LogP contribution in [0.1, 0.15) is 36.5 Å². The van der Waals surface area contributed by atoms with E-state index in [0.29, 0.717) is 24.3 Å². The molecule has 6 nitrogen and oxygen atoms in total. The van der Waals surface area contributed by atoms with Crippen LogP contribution in [0.3, 0.4) is 0 Å². The molecule has 2 rings (SSSR count). The standard InChI is InChI=1S/C16H19NO5/c1-11(18)12-4-6-13(7-5-12)17(9-8-15(19)20)16(21)14-3-2-10-22-14/h4-7,14H,2-3,8-10H2,1H3,(H,19,20). The maximum Gasteiger partial charge on any atom is 0.305 e. The number of aliphatic carboxylic acids is 1. The molecule has 0 radical (unpaired) electrons. The van der Waals surface area contributed by atoms with Gasteiger partial charge in [0, 0.05) is 24.4 Å². The third-order valence-corrected chi connectivity index (χ3v) is 3.61. The van der Waals surface area contributed by atoms with Crippen molar-refractivity contribution in [1.82, 2.24) is 0 Å². The topological polar surface area (TPSA) is 83.9 Å². The number of anilines is 1. The van der Waals surface area contributed by atoms with Crippen molar-refractivity contribution < 1.29 is 24.2 Å². The van der Waals surface area contributed by atoms with Gasteiger partial charge in [0.05, 0.1) is 6.42 Å². The zero-order valence-corrected chi connectivity index (χ0v) is 12.4. The number of amides is 1. The van der Waals surface area contributed by atoms with E-state index in [2.05, 4.69) is 0 Å². The van der Waals surface area contributed by atoms with Crippen molar-refractivity contribution in [3.8, 4) is 0 Å². The Kier molecular flexibility index (Phi) is 5.27. The van der Waals surface area contributed by atoms with Gasteiger partial charge in [0.2, 0.25) is 0 Å². The minimum atomic E-state index is -0.967. The summed E-state index contributed by atoms with van der Waals surface area (Å²) in [6.07, 6.45) is 0.814. The van der Waals surface area contributed by atoms with Gasteiger partial charge in [0.1, 0.15) is 6.10 Å². The van der Waals surface area contributed by atoms with Crippen molar-refractivity contribution in [3.05, 3.63) is 29.8 Å². The van der Waals surface area contributed by atoms with Gasteiger partial charge in [-0.2, -0.15) is 0 Å². The third kappa shape index (κ3) is 3.92. The van der Waals surface area contributed by atoms with Crippen molar-refractivity contribution in [2.24, 2.45) is 0 Å². The summed E-state index contributed by atoms with van der Waals surface area (Å²) >= 11 is 0. The molecule has 0 spiro atoms. The smallest absolute Gasteiger partial charge is 0.305 e. The quantitative estimate of drug-likeness (QED) is 0.811. The van der Waals surface area contributed by atoms with E-state index in [-0.39, 0.29) is 24.7 Å². The highest BCUT2D eigenvalue weighted by Gasteiger charge is 2.29. The van der Waals surface area contributed by atoms with Crippen molar-refractivity contribution in [1.29, 1.82) is 0 Å². The van der Waals surface area contributed by atoms with Gasteiger partial charge in [0.15, 0.2) is 5.78 Å². The second kappa shape index (κ2) is 7.17. The summed E-state index contributed by atoms with van der Waals surface area (Å²) in [7, 11) is 0. The fraction of sp³-hybridized carbons (Fsp3) is 0.438. The van der Waals surface area contributed by atoms with Crippen molar-refractivity contribution >= 4 is 23.3 Å². The highest BCUT2D eigenvalue weighted by molar-refractivity contribution is 5.98. The van der Waals surface area contributed by atoms with Crippen LogP contribution in [0.4, 0.5) is 5.69 Å². The number of hydrogen-bond acceptors (Lipinski definition) is 4. The van der Waals surface area contributed by atoms with Crippen LogP contribution in [-0.2, 0) is 14.3 Å². The molecule has 1 fully saturated rings. The summed E-state index contributed by atoms with van der Waals surface area (Å²) in [4.78, 5) is 36.1. The van der Waals surface area contributed by atoms with Gasteiger partial charge >= 0.3 is 5.97 Å². The Morgan fingerprint density at radius 3 is 2.45 bits per heavy atom. The SMILES string of the molecule is CC(=O)c1ccc(N(CCC(=O)O)C(=O)C2CCCO2)cc1. The van der Waals surface area contributed by atoms with Crippen LogP contribution in [0.25, 0.3) is 0 Å². The maximum atomic E-state index is 12.5. The van der Waals surface area contributed by atoms with Crippen LogP contribution in [-0.4, -0.2) is 42.0 Å². The Labute approximate surface area is 128 Å². The Morgan fingerprint density at radius 1 is 1.27 bits per heavy atom. The molecule has 1 aromatic carbocycles. The predicted octanol–water partition coefficient (Wildman–Crippen LogP) is 1.88. The van der Waals surface area contributed by atoms with Crippen molar-refractivity contribution in [2.45, 2.75) is 32.3 Å². The van der Waals surface area contributed by atoms with Crippen LogP contribution in [0, 0.1) is 0 Å². The molecular formula is C16H19NO5. The van der Waals surface area contributed by atoms with Gasteiger partial charge in [0.25, 0.3) is 5.91 Å². The predicted molar refractivity (Wildman–Crippen MR) is 80.0 cm³/mol. The normalized spacial score (nSPS) is 17.2. The molecular weight excluding hydrogens is 286 g/mol. The van der Waals surface area contributed by atoms with Crippen LogP contribution in [0.2, 0.25) is 0 Å². The molecule has 0 saturated carbocycles. The van der Waals surface area contributed by atoms with Gasteiger partial charge in [-0.1, -0.05) is 0 Å². The number of carboxylic acids is 1. The lowest BCUT2D eigenvalue weighted by molar-refractivity contribution is -0.136. The molecule has 1 unspecified atom stereocenters. The van der Waals surface area contributed by atoms with Gasteiger partial charge < -0.3 is 14.7 Å². The molecule has 0 bridgehead atoms. The number of carboxylic acid groups (broad SMARTS) is 1. The zero-order chi connectivity index (χ0) is 16.1. The van der Waals surface area contributed by atoms with E-state index in [4.69, 9.17) is 9.84 Å². The molecule has 118 valence electrons. The largest absolute Gasteiger partial charge is 0.481 e. The number of carbonyl (C=O) groups is 3. The van der Waals surface area contributed by atoms with Gasteiger partial charge in [-0.3, -0.25) is 14.4 Å². The monoisotopic (exact) mass is 305 g/mol. The van der Waals surface area contributed by atoms with E-state index >= 15 is 0 Å². The van der Waals surface area contributed by atoms with E-state index in [0.717, 1.165) is 6.42 Å². The molecule has 1 aliphatic rings. The lowest BCUT2D eigenvalue weighted by atomic mass is 10.1. The first-order valence-electron chi connectivity index (χ1n) is 7.25. The maximum absolute atomic E-state index is 12.5. The fourth-order valence-electron chi connectivity index (χ4n) is 2.40. The average Bonchev–Trinajstić information content (AvgIpc) is 3.01. The lowest BCUT2D eigenvalue weighted by Gasteiger charge is -2.25. The van der Waals surface area contributed by atoms with E-state index < -0.39 is 12.1 Å². The molecule has 0 aromatic heterocycles. The van der Waals surface area contributed by atoms with E-state index in [1.165, 1.54) is 11.8 Å². The van der Waals surface area contributed by atoms with Gasteiger partial charge in [-0.25, -0.2) is 0 Å². The highest BCUT2D eigenvalue weighted by Crippen LogP contribution is 2.21. The third-order valence-electron chi connectivity index (χ3n) is 3.61. The summed E-state index contributed by atoms with van der Waals surface area (Å²) in [6, 6.07) is 6.58. The highest BCUT2D eigenvalue weighted by atomic mass is 16.5. The van der Waals surface area contributed by atoms with Crippen LogP contribution < -0.4 is 4.90 Å². The Balaban J connectivity index is 2.20. The number of nitrogens with zero attached hydrogens (tertiary/aromatic N) is 1. The van der Waals surface area contributed by atoms with E-state index in [1.807, 2.05) is 0 Å². The van der Waals surface area contributed by atoms with Gasteiger partial charge in [-0.05, 0) is 44.0 Å². The second-order valence-corrected chi connectivity index (χ2v) is 5.24. The zero-order valence-electron chi connectivity index (χ0n) is 12.4. The number of ketones is 1. The van der Waals surface area contributed by atoms with Gasteiger partial charge in [-0.15, -0.1) is 0 Å². The second-order valence-electron chi connectivity index (χ2n) is 5.24. The summed E-state index contributed by atoms with van der Waals surface area (Å²) < 4.78 is 5.39. The van der Waals surface area contributed by atoms with Crippen LogP contribution >= 0.6 is 0 Å². The van der Waals surface area contributed by atoms with Crippen LogP contribution in [0.5, 0.6) is 0 Å². The lowest BCUT2D eigenvalue weighted by Crippen LogP contribution is -2.40. The summed E-state index contributed by atoms with van der Waals surface area (Å²) in [6.45, 7) is 2.09. The molecule has 1 amide bonds. The summed E-state index contributed by atoms with van der Waals surface area (Å²) in [5.41, 5.74) is 1.12. The first-order valence-corrected chi connectivity index (χ1v) is 7.25. The number of rotatable bonds is 6. The van der Waals surface area contributed by atoms with E-state index in [9.17, 15) is 14.4 Å². The van der Waals surface area contributed by atoms with Crippen molar-refractivity contribution in [2.75, 3.05) is 18.1 Å².